The van der Waals surface area contributed by atoms with E-state index in [4.69, 9.17) is 19.6 Å². The summed E-state index contributed by atoms with van der Waals surface area (Å²) in [6.45, 7) is 0. The van der Waals surface area contributed by atoms with E-state index in [9.17, 15) is 0 Å². The summed E-state index contributed by atoms with van der Waals surface area (Å²) in [5.41, 5.74) is 7.01. The molecule has 0 bridgehead atoms. The van der Waals surface area contributed by atoms with Crippen LogP contribution in [0.1, 0.15) is 17.4 Å². The lowest BCUT2D eigenvalue weighted by Gasteiger charge is -2.16. The predicted molar refractivity (Wildman–Crippen MR) is 72.0 cm³/mol. The lowest BCUT2D eigenvalue weighted by Crippen LogP contribution is -2.13. The van der Waals surface area contributed by atoms with Crippen LogP contribution in [0, 0.1) is 0 Å². The normalized spacial score (nSPS) is 12.2. The van der Waals surface area contributed by atoms with Crippen molar-refractivity contribution in [1.82, 2.24) is 0 Å². The van der Waals surface area contributed by atoms with Gasteiger partial charge >= 0.3 is 0 Å². The SMILES string of the molecule is COc1cccc(C(N)c2occc2Br)c1OC. The van der Waals surface area contributed by atoms with Crippen molar-refractivity contribution in [3.63, 3.8) is 0 Å². The van der Waals surface area contributed by atoms with Gasteiger partial charge < -0.3 is 19.6 Å². The van der Waals surface area contributed by atoms with Gasteiger partial charge in [-0.3, -0.25) is 0 Å². The molecule has 1 unspecified atom stereocenters. The third-order valence-corrected chi connectivity index (χ3v) is 3.35. The van der Waals surface area contributed by atoms with Gasteiger partial charge in [0.05, 0.1) is 31.0 Å². The van der Waals surface area contributed by atoms with Gasteiger partial charge in [0.2, 0.25) is 0 Å². The Kier molecular flexibility index (Phi) is 3.93. The van der Waals surface area contributed by atoms with E-state index in [1.54, 1.807) is 20.5 Å². The number of methoxy groups -OCH3 is 2. The molecule has 1 aromatic carbocycles. The van der Waals surface area contributed by atoms with E-state index in [0.29, 0.717) is 17.3 Å². The molecule has 1 aromatic heterocycles. The first-order valence-corrected chi connectivity index (χ1v) is 6.17. The number of para-hydroxylation sites is 1. The summed E-state index contributed by atoms with van der Waals surface area (Å²) in [7, 11) is 3.18. The first kappa shape index (κ1) is 13.0. The topological polar surface area (TPSA) is 57.6 Å². The van der Waals surface area contributed by atoms with Gasteiger partial charge in [-0.1, -0.05) is 12.1 Å². The largest absolute Gasteiger partial charge is 0.493 e. The molecule has 96 valence electrons. The summed E-state index contributed by atoms with van der Waals surface area (Å²) < 4.78 is 16.8. The maximum Gasteiger partial charge on any atom is 0.165 e. The molecule has 0 amide bonds. The number of hydrogen-bond donors (Lipinski definition) is 1. The molecule has 0 saturated heterocycles. The van der Waals surface area contributed by atoms with Crippen molar-refractivity contribution in [3.05, 3.63) is 46.3 Å². The molecule has 0 saturated carbocycles. The van der Waals surface area contributed by atoms with Gasteiger partial charge in [-0.05, 0) is 28.1 Å². The predicted octanol–water partition coefficient (Wildman–Crippen LogP) is 3.11. The van der Waals surface area contributed by atoms with Gasteiger partial charge in [0.25, 0.3) is 0 Å². The average Bonchev–Trinajstić information content (AvgIpc) is 2.83. The molecule has 0 aliphatic carbocycles. The Labute approximate surface area is 114 Å². The third-order valence-electron chi connectivity index (χ3n) is 2.70. The van der Waals surface area contributed by atoms with E-state index in [-0.39, 0.29) is 0 Å². The first-order valence-electron chi connectivity index (χ1n) is 5.38. The standard InChI is InChI=1S/C13H14BrNO3/c1-16-10-5-3-4-8(12(10)17-2)11(15)13-9(14)6-7-18-13/h3-7,11H,15H2,1-2H3. The van der Waals surface area contributed by atoms with E-state index in [1.807, 2.05) is 24.3 Å². The molecule has 4 nitrogen and oxygen atoms in total. The molecule has 2 aromatic rings. The number of benzene rings is 1. The van der Waals surface area contributed by atoms with E-state index in [0.717, 1.165) is 10.0 Å². The van der Waals surface area contributed by atoms with Crippen molar-refractivity contribution in [2.45, 2.75) is 6.04 Å². The van der Waals surface area contributed by atoms with Gasteiger partial charge in [0.15, 0.2) is 11.5 Å². The fourth-order valence-electron chi connectivity index (χ4n) is 1.83. The summed E-state index contributed by atoms with van der Waals surface area (Å²) in [6.07, 6.45) is 1.59. The Hall–Kier alpha value is -1.46. The highest BCUT2D eigenvalue weighted by atomic mass is 79.9. The molecule has 2 N–H and O–H groups in total. The van der Waals surface area contributed by atoms with Gasteiger partial charge in [0, 0.05) is 5.56 Å². The zero-order chi connectivity index (χ0) is 13.1. The molecule has 0 spiro atoms. The highest BCUT2D eigenvalue weighted by Gasteiger charge is 2.21. The van der Waals surface area contributed by atoms with Crippen LogP contribution in [0.15, 0.2) is 39.4 Å². The second-order valence-electron chi connectivity index (χ2n) is 3.69. The van der Waals surface area contributed by atoms with Gasteiger partial charge in [0.1, 0.15) is 5.76 Å². The Morgan fingerprint density at radius 1 is 1.22 bits per heavy atom. The fourth-order valence-corrected chi connectivity index (χ4v) is 2.27. The minimum atomic E-state index is -0.417. The van der Waals surface area contributed by atoms with Crippen molar-refractivity contribution < 1.29 is 13.9 Å². The van der Waals surface area contributed by atoms with Crippen molar-refractivity contribution >= 4 is 15.9 Å². The number of furan rings is 1. The van der Waals surface area contributed by atoms with Crippen LogP contribution in [-0.4, -0.2) is 14.2 Å². The quantitative estimate of drug-likeness (QED) is 0.942. The maximum absolute atomic E-state index is 6.20. The van der Waals surface area contributed by atoms with Crippen molar-refractivity contribution in [1.29, 1.82) is 0 Å². The number of nitrogens with two attached hydrogens (primary N) is 1. The molecule has 0 radical (unpaired) electrons. The third kappa shape index (κ3) is 2.23. The Morgan fingerprint density at radius 3 is 2.56 bits per heavy atom. The number of halogens is 1. The van der Waals surface area contributed by atoms with Crippen LogP contribution >= 0.6 is 15.9 Å². The number of rotatable bonds is 4. The summed E-state index contributed by atoms with van der Waals surface area (Å²) in [4.78, 5) is 0. The molecule has 5 heteroatoms. The molecule has 2 rings (SSSR count). The highest BCUT2D eigenvalue weighted by Crippen LogP contribution is 2.37. The molecule has 0 fully saturated rings. The van der Waals surface area contributed by atoms with Crippen molar-refractivity contribution in [3.8, 4) is 11.5 Å². The lowest BCUT2D eigenvalue weighted by atomic mass is 10.0. The van der Waals surface area contributed by atoms with Crippen molar-refractivity contribution in [2.24, 2.45) is 5.73 Å². The van der Waals surface area contributed by atoms with Crippen molar-refractivity contribution in [2.75, 3.05) is 14.2 Å². The van der Waals surface area contributed by atoms with E-state index >= 15 is 0 Å². The molecule has 1 atom stereocenters. The van der Waals surface area contributed by atoms with Gasteiger partial charge in [-0.2, -0.15) is 0 Å². The Morgan fingerprint density at radius 2 is 2.00 bits per heavy atom. The molecular formula is C13H14BrNO3. The van der Waals surface area contributed by atoms with E-state index < -0.39 is 6.04 Å². The molecular weight excluding hydrogens is 298 g/mol. The van der Waals surface area contributed by atoms with Crippen LogP contribution < -0.4 is 15.2 Å². The lowest BCUT2D eigenvalue weighted by molar-refractivity contribution is 0.349. The minimum Gasteiger partial charge on any atom is -0.493 e. The van der Waals surface area contributed by atoms with Gasteiger partial charge in [-0.15, -0.1) is 0 Å². The van der Waals surface area contributed by atoms with E-state index in [1.165, 1.54) is 0 Å². The summed E-state index contributed by atoms with van der Waals surface area (Å²) >= 11 is 3.40. The van der Waals surface area contributed by atoms with Gasteiger partial charge in [-0.25, -0.2) is 0 Å². The Balaban J connectivity index is 2.48. The average molecular weight is 312 g/mol. The minimum absolute atomic E-state index is 0.417. The van der Waals surface area contributed by atoms with E-state index in [2.05, 4.69) is 15.9 Å². The summed E-state index contributed by atoms with van der Waals surface area (Å²) in [6, 6.07) is 6.97. The molecule has 1 heterocycles. The number of hydrogen-bond acceptors (Lipinski definition) is 4. The van der Waals surface area contributed by atoms with Crippen LogP contribution in [-0.2, 0) is 0 Å². The Bertz CT molecular complexity index is 539. The molecule has 0 aliphatic rings. The van der Waals surface area contributed by atoms with Crippen LogP contribution in [0.25, 0.3) is 0 Å². The van der Waals surface area contributed by atoms with Crippen LogP contribution in [0.4, 0.5) is 0 Å². The second kappa shape index (κ2) is 5.46. The van der Waals surface area contributed by atoms with Crippen LogP contribution in [0.5, 0.6) is 11.5 Å². The summed E-state index contributed by atoms with van der Waals surface area (Å²) in [5, 5.41) is 0. The summed E-state index contributed by atoms with van der Waals surface area (Å²) in [5.74, 6) is 1.92. The second-order valence-corrected chi connectivity index (χ2v) is 4.55. The fraction of sp³-hybridized carbons (Fsp3) is 0.231. The highest BCUT2D eigenvalue weighted by molar-refractivity contribution is 9.10. The molecule has 18 heavy (non-hydrogen) atoms. The number of ether oxygens (including phenoxy) is 2. The smallest absolute Gasteiger partial charge is 0.165 e. The zero-order valence-corrected chi connectivity index (χ0v) is 11.7. The zero-order valence-electron chi connectivity index (χ0n) is 10.1. The van der Waals surface area contributed by atoms with Crippen LogP contribution in [0.3, 0.4) is 0 Å². The first-order chi connectivity index (χ1) is 8.69. The molecule has 0 aliphatic heterocycles. The van der Waals surface area contributed by atoms with Crippen LogP contribution in [0.2, 0.25) is 0 Å². The maximum atomic E-state index is 6.20. The monoisotopic (exact) mass is 311 g/mol.